The molecule has 0 heterocycles. The van der Waals surface area contributed by atoms with E-state index in [-0.39, 0.29) is 16.7 Å². The summed E-state index contributed by atoms with van der Waals surface area (Å²) in [6.45, 7) is 3.59. The van der Waals surface area contributed by atoms with Crippen LogP contribution in [0.4, 0.5) is 0 Å². The molecule has 0 N–H and O–H groups in total. The van der Waals surface area contributed by atoms with Gasteiger partial charge in [-0.3, -0.25) is 0 Å². The molecule has 0 fully saturated rings. The Labute approximate surface area is 168 Å². The van der Waals surface area contributed by atoms with Crippen LogP contribution in [-0.4, -0.2) is 0 Å². The van der Waals surface area contributed by atoms with E-state index in [9.17, 15) is 0 Å². The molecule has 9 heteroatoms. The van der Waals surface area contributed by atoms with Gasteiger partial charge in [-0.05, 0) is 23.6 Å². The van der Waals surface area contributed by atoms with Crippen molar-refractivity contribution in [1.82, 2.24) is 0 Å². The van der Waals surface area contributed by atoms with E-state index in [0.717, 1.165) is 5.92 Å². The van der Waals surface area contributed by atoms with Crippen molar-refractivity contribution in [2.45, 2.75) is 25.2 Å². The minimum absolute atomic E-state index is 0.236. The van der Waals surface area contributed by atoms with Crippen molar-refractivity contribution in [1.29, 1.82) is 0 Å². The first-order chi connectivity index (χ1) is 9.15. The fourth-order valence-corrected chi connectivity index (χ4v) is 3.01. The highest BCUT2D eigenvalue weighted by molar-refractivity contribution is 6.68. The minimum atomic E-state index is -1.77. The number of halogens is 9. The van der Waals surface area contributed by atoms with E-state index in [2.05, 4.69) is 0 Å². The lowest BCUT2D eigenvalue weighted by Gasteiger charge is -2.28. The summed E-state index contributed by atoms with van der Waals surface area (Å²) in [5.74, 6) is 0.786. The van der Waals surface area contributed by atoms with Crippen LogP contribution in [0.2, 0.25) is 0 Å². The van der Waals surface area contributed by atoms with E-state index < -0.39 is 11.4 Å². The van der Waals surface area contributed by atoms with Crippen molar-refractivity contribution < 1.29 is 0 Å². The Bertz CT molecular complexity index is 482. The van der Waals surface area contributed by atoms with Gasteiger partial charge in [0, 0.05) is 16.7 Å². The Morgan fingerprint density at radius 1 is 0.667 bits per heavy atom. The Balaban J connectivity index is 3.85. The van der Waals surface area contributed by atoms with Gasteiger partial charge in [0.1, 0.15) is 0 Å². The third-order valence-electron chi connectivity index (χ3n) is 2.58. The lowest BCUT2D eigenvalue weighted by Crippen LogP contribution is -2.17. The largest absolute Gasteiger partial charge is 0.216 e. The van der Waals surface area contributed by atoms with Gasteiger partial charge in [0.05, 0.1) is 0 Å². The average Bonchev–Trinajstić information content (AvgIpc) is 2.23. The van der Waals surface area contributed by atoms with Crippen LogP contribution in [0.1, 0.15) is 36.1 Å². The molecule has 0 amide bonds. The maximum absolute atomic E-state index is 6.01. The lowest BCUT2D eigenvalue weighted by molar-refractivity contribution is 1.01. The number of rotatable bonds is 1. The van der Waals surface area contributed by atoms with Crippen LogP contribution in [0.15, 0.2) is 12.1 Å². The first kappa shape index (κ1) is 20.9. The van der Waals surface area contributed by atoms with Crippen LogP contribution < -0.4 is 0 Å². The van der Waals surface area contributed by atoms with Crippen molar-refractivity contribution in [3.05, 3.63) is 40.3 Å². The molecule has 1 rings (SSSR count). The Morgan fingerprint density at radius 2 is 1.00 bits per heavy atom. The second-order valence-corrected chi connectivity index (χ2v) is 11.3. The molecule has 21 heavy (non-hydrogen) atoms. The molecule has 1 radical (unpaired) electrons. The van der Waals surface area contributed by atoms with Gasteiger partial charge in [0.2, 0.25) is 11.4 Å². The molecule has 1 aromatic carbocycles. The zero-order valence-electron chi connectivity index (χ0n) is 10.6. The number of benzene rings is 1. The quantitative estimate of drug-likeness (QED) is 0.363. The van der Waals surface area contributed by atoms with Gasteiger partial charge in [0.15, 0.2) is 0 Å². The molecular formula is C12H8Cl9. The highest BCUT2D eigenvalue weighted by Crippen LogP contribution is 2.51. The molecule has 0 bridgehead atoms. The van der Waals surface area contributed by atoms with Crippen LogP contribution in [-0.2, 0) is 11.4 Å². The second kappa shape index (κ2) is 6.98. The molecule has 0 atom stereocenters. The average molecular weight is 471 g/mol. The third kappa shape index (κ3) is 5.41. The smallest absolute Gasteiger partial charge is 0.0784 e. The van der Waals surface area contributed by atoms with E-state index in [0.29, 0.717) is 5.56 Å². The molecule has 0 saturated heterocycles. The standard InChI is InChI=1S/C12H8Cl9/c1-5(2)9-7(11(16,17)18)3-6(10(13,14)15)4-8(9)12(19,20)21/h3-4H,1-2H3. The van der Waals surface area contributed by atoms with Crippen molar-refractivity contribution in [2.75, 3.05) is 0 Å². The molecule has 0 spiro atoms. The van der Waals surface area contributed by atoms with Gasteiger partial charge < -0.3 is 0 Å². The summed E-state index contributed by atoms with van der Waals surface area (Å²) < 4.78 is -5.30. The molecule has 0 aliphatic rings. The van der Waals surface area contributed by atoms with Crippen LogP contribution in [0, 0.1) is 5.92 Å². The number of hydrogen-bond donors (Lipinski definition) is 0. The van der Waals surface area contributed by atoms with E-state index in [4.69, 9.17) is 104 Å². The number of hydrogen-bond acceptors (Lipinski definition) is 0. The predicted molar refractivity (Wildman–Crippen MR) is 97.8 cm³/mol. The molecule has 0 aromatic heterocycles. The summed E-state index contributed by atoms with van der Waals surface area (Å²) in [7, 11) is 0. The zero-order valence-corrected chi connectivity index (χ0v) is 17.4. The SMILES string of the molecule is C[C](C)c1c(C(Cl)(Cl)Cl)cc(C(Cl)(Cl)Cl)cc1C(Cl)(Cl)Cl. The van der Waals surface area contributed by atoms with E-state index in [1.165, 1.54) is 12.1 Å². The monoisotopic (exact) mass is 467 g/mol. The molecule has 0 nitrogen and oxygen atoms in total. The van der Waals surface area contributed by atoms with Crippen LogP contribution in [0.25, 0.3) is 0 Å². The Morgan fingerprint density at radius 3 is 1.19 bits per heavy atom. The maximum atomic E-state index is 6.01. The van der Waals surface area contributed by atoms with E-state index in [1.54, 1.807) is 13.8 Å². The first-order valence-electron chi connectivity index (χ1n) is 5.36. The van der Waals surface area contributed by atoms with Gasteiger partial charge in [-0.2, -0.15) is 0 Å². The molecule has 0 unspecified atom stereocenters. The highest BCUT2D eigenvalue weighted by Gasteiger charge is 2.37. The molecule has 119 valence electrons. The van der Waals surface area contributed by atoms with E-state index >= 15 is 0 Å². The predicted octanol–water partition coefficient (Wildman–Crippen LogP) is 8.13. The normalized spacial score (nSPS) is 13.9. The highest BCUT2D eigenvalue weighted by atomic mass is 35.6. The summed E-state index contributed by atoms with van der Waals surface area (Å²) in [5.41, 5.74) is 1.29. The second-order valence-electron chi connectivity index (χ2n) is 4.44. The van der Waals surface area contributed by atoms with Gasteiger partial charge in [-0.15, -0.1) is 0 Å². The van der Waals surface area contributed by atoms with E-state index in [1.807, 2.05) is 0 Å². The van der Waals surface area contributed by atoms with Gasteiger partial charge >= 0.3 is 0 Å². The molecular weight excluding hydrogens is 463 g/mol. The minimum Gasteiger partial charge on any atom is -0.0784 e. The van der Waals surface area contributed by atoms with Crippen molar-refractivity contribution in [3.63, 3.8) is 0 Å². The Kier molecular flexibility index (Phi) is 6.94. The summed E-state index contributed by atoms with van der Waals surface area (Å²) in [5, 5.41) is 0. The fourth-order valence-electron chi connectivity index (χ4n) is 1.79. The van der Waals surface area contributed by atoms with Crippen LogP contribution in [0.5, 0.6) is 0 Å². The van der Waals surface area contributed by atoms with Gasteiger partial charge in [-0.1, -0.05) is 118 Å². The fraction of sp³-hybridized carbons (Fsp3) is 0.417. The Hall–Kier alpha value is 1.83. The maximum Gasteiger partial charge on any atom is 0.216 e. The summed E-state index contributed by atoms with van der Waals surface area (Å²) in [6, 6.07) is 2.95. The zero-order chi connectivity index (χ0) is 16.8. The van der Waals surface area contributed by atoms with Crippen LogP contribution in [0.3, 0.4) is 0 Å². The van der Waals surface area contributed by atoms with Crippen molar-refractivity contribution in [3.8, 4) is 0 Å². The van der Waals surface area contributed by atoms with Gasteiger partial charge in [-0.25, -0.2) is 0 Å². The summed E-state index contributed by atoms with van der Waals surface area (Å²) >= 11 is 53.8. The summed E-state index contributed by atoms with van der Waals surface area (Å²) in [4.78, 5) is 0. The van der Waals surface area contributed by atoms with Crippen LogP contribution >= 0.6 is 104 Å². The summed E-state index contributed by atoms with van der Waals surface area (Å²) in [6.07, 6.45) is 0. The lowest BCUT2D eigenvalue weighted by atomic mass is 9.91. The molecule has 0 aliphatic heterocycles. The third-order valence-corrected chi connectivity index (χ3v) is 4.45. The first-order valence-corrected chi connectivity index (χ1v) is 8.76. The topological polar surface area (TPSA) is 0 Å². The van der Waals surface area contributed by atoms with Crippen molar-refractivity contribution >= 4 is 104 Å². The van der Waals surface area contributed by atoms with Crippen molar-refractivity contribution in [2.24, 2.45) is 0 Å². The molecule has 1 aromatic rings. The number of alkyl halides is 9. The molecule has 0 aliphatic carbocycles. The van der Waals surface area contributed by atoms with Gasteiger partial charge in [0.25, 0.3) is 0 Å². The molecule has 0 saturated carbocycles.